The number of fused-ring (bicyclic) bond motifs is 1. The lowest BCUT2D eigenvalue weighted by molar-refractivity contribution is 0.0715. The van der Waals surface area contributed by atoms with E-state index in [9.17, 15) is 13.2 Å². The van der Waals surface area contributed by atoms with Crippen LogP contribution in [0, 0.1) is 6.92 Å². The zero-order chi connectivity index (χ0) is 19.2. The largest absolute Gasteiger partial charge is 0.336 e. The molecule has 2 aliphatic heterocycles. The standard InChI is InChI=1S/C19H24N4O3S/c1-14-12-18(21(2)20-14)19(24)22-10-5-7-16(13-22)27(25,26)23-11-9-15-6-3-4-8-17(15)23/h3-4,6,8,12,16H,5,7,9-11,13H2,1-2H3/t16-/m0/s1. The maximum absolute atomic E-state index is 13.3. The number of rotatable bonds is 3. The number of carbonyl (C=O) groups is 1. The van der Waals surface area contributed by atoms with Gasteiger partial charge in [0.15, 0.2) is 0 Å². The summed E-state index contributed by atoms with van der Waals surface area (Å²) in [5.74, 6) is -0.153. The maximum atomic E-state index is 13.3. The Labute approximate surface area is 159 Å². The normalized spacial score (nSPS) is 20.0. The van der Waals surface area contributed by atoms with Gasteiger partial charge in [-0.1, -0.05) is 18.2 Å². The zero-order valence-electron chi connectivity index (χ0n) is 15.6. The first-order valence-corrected chi connectivity index (χ1v) is 10.8. The summed E-state index contributed by atoms with van der Waals surface area (Å²) in [5.41, 5.74) is 3.12. The number of sulfonamides is 1. The lowest BCUT2D eigenvalue weighted by atomic mass is 10.1. The second-order valence-corrected chi connectivity index (χ2v) is 9.44. The minimum atomic E-state index is -3.51. The smallest absolute Gasteiger partial charge is 0.272 e. The maximum Gasteiger partial charge on any atom is 0.272 e. The van der Waals surface area contributed by atoms with Gasteiger partial charge < -0.3 is 4.90 Å². The van der Waals surface area contributed by atoms with E-state index in [2.05, 4.69) is 5.10 Å². The Bertz CT molecular complexity index is 983. The predicted molar refractivity (Wildman–Crippen MR) is 103 cm³/mol. The number of para-hydroxylation sites is 1. The number of aromatic nitrogens is 2. The summed E-state index contributed by atoms with van der Waals surface area (Å²) in [5, 5.41) is 3.65. The fraction of sp³-hybridized carbons (Fsp3) is 0.474. The van der Waals surface area contributed by atoms with Crippen LogP contribution in [-0.2, 0) is 23.5 Å². The molecule has 0 aliphatic carbocycles. The van der Waals surface area contributed by atoms with Crippen LogP contribution in [0.15, 0.2) is 30.3 Å². The van der Waals surface area contributed by atoms with E-state index in [0.717, 1.165) is 23.4 Å². The molecule has 4 rings (SSSR count). The average molecular weight is 388 g/mol. The van der Waals surface area contributed by atoms with Gasteiger partial charge in [-0.25, -0.2) is 8.42 Å². The van der Waals surface area contributed by atoms with E-state index in [1.54, 1.807) is 22.7 Å². The number of likely N-dealkylation sites (tertiary alicyclic amines) is 1. The minimum absolute atomic E-state index is 0.153. The lowest BCUT2D eigenvalue weighted by Crippen LogP contribution is -2.49. The molecule has 7 nitrogen and oxygen atoms in total. The quantitative estimate of drug-likeness (QED) is 0.802. The van der Waals surface area contributed by atoms with Crippen molar-refractivity contribution in [1.29, 1.82) is 0 Å². The molecule has 27 heavy (non-hydrogen) atoms. The van der Waals surface area contributed by atoms with Crippen molar-refractivity contribution >= 4 is 21.6 Å². The van der Waals surface area contributed by atoms with Crippen LogP contribution >= 0.6 is 0 Å². The monoisotopic (exact) mass is 388 g/mol. The van der Waals surface area contributed by atoms with Crippen LogP contribution < -0.4 is 4.31 Å². The summed E-state index contributed by atoms with van der Waals surface area (Å²) >= 11 is 0. The molecule has 1 saturated heterocycles. The van der Waals surface area contributed by atoms with Crippen LogP contribution in [0.2, 0.25) is 0 Å². The molecule has 0 radical (unpaired) electrons. The van der Waals surface area contributed by atoms with Crippen molar-refractivity contribution in [2.75, 3.05) is 23.9 Å². The molecule has 144 valence electrons. The molecule has 1 aromatic carbocycles. The number of benzene rings is 1. The van der Waals surface area contributed by atoms with Crippen LogP contribution in [0.25, 0.3) is 0 Å². The van der Waals surface area contributed by atoms with Crippen molar-refractivity contribution in [2.24, 2.45) is 7.05 Å². The Morgan fingerprint density at radius 2 is 2.00 bits per heavy atom. The highest BCUT2D eigenvalue weighted by atomic mass is 32.2. The van der Waals surface area contributed by atoms with Gasteiger partial charge in [-0.3, -0.25) is 13.8 Å². The van der Waals surface area contributed by atoms with Gasteiger partial charge in [-0.05, 0) is 43.9 Å². The molecule has 1 aromatic heterocycles. The molecule has 2 aliphatic rings. The van der Waals surface area contributed by atoms with Gasteiger partial charge in [0.2, 0.25) is 10.0 Å². The Balaban J connectivity index is 1.56. The van der Waals surface area contributed by atoms with Gasteiger partial charge in [0.25, 0.3) is 5.91 Å². The van der Waals surface area contributed by atoms with Crippen LogP contribution in [0.4, 0.5) is 5.69 Å². The van der Waals surface area contributed by atoms with Crippen molar-refractivity contribution in [1.82, 2.24) is 14.7 Å². The zero-order valence-corrected chi connectivity index (χ0v) is 16.4. The Kier molecular flexibility index (Phi) is 4.46. The predicted octanol–water partition coefficient (Wildman–Crippen LogP) is 1.73. The van der Waals surface area contributed by atoms with Gasteiger partial charge in [0.1, 0.15) is 5.69 Å². The van der Waals surface area contributed by atoms with Crippen LogP contribution in [0.3, 0.4) is 0 Å². The first-order chi connectivity index (χ1) is 12.9. The number of amides is 1. The number of piperidine rings is 1. The highest BCUT2D eigenvalue weighted by Crippen LogP contribution is 2.33. The van der Waals surface area contributed by atoms with E-state index >= 15 is 0 Å². The first-order valence-electron chi connectivity index (χ1n) is 9.27. The average Bonchev–Trinajstić information content (AvgIpc) is 3.24. The third kappa shape index (κ3) is 3.12. The van der Waals surface area contributed by atoms with E-state index in [-0.39, 0.29) is 12.5 Å². The fourth-order valence-electron chi connectivity index (χ4n) is 4.09. The molecule has 0 spiro atoms. The van der Waals surface area contributed by atoms with Gasteiger partial charge in [0, 0.05) is 26.7 Å². The molecular formula is C19H24N4O3S. The van der Waals surface area contributed by atoms with Crippen molar-refractivity contribution < 1.29 is 13.2 Å². The van der Waals surface area contributed by atoms with Crippen LogP contribution in [0.5, 0.6) is 0 Å². The number of hydrogen-bond acceptors (Lipinski definition) is 4. The molecule has 1 fully saturated rings. The van der Waals surface area contributed by atoms with Gasteiger partial charge in [-0.2, -0.15) is 5.10 Å². The summed E-state index contributed by atoms with van der Waals surface area (Å²) in [4.78, 5) is 14.5. The Hall–Kier alpha value is -2.35. The highest BCUT2D eigenvalue weighted by Gasteiger charge is 2.39. The van der Waals surface area contributed by atoms with E-state index in [0.29, 0.717) is 31.6 Å². The Morgan fingerprint density at radius 1 is 1.22 bits per heavy atom. The second-order valence-electron chi connectivity index (χ2n) is 7.31. The van der Waals surface area contributed by atoms with Crippen LogP contribution in [0.1, 0.15) is 34.6 Å². The van der Waals surface area contributed by atoms with Gasteiger partial charge >= 0.3 is 0 Å². The van der Waals surface area contributed by atoms with E-state index in [1.165, 1.54) is 4.31 Å². The fourth-order valence-corrected chi connectivity index (χ4v) is 6.08. The van der Waals surface area contributed by atoms with Gasteiger partial charge in [0.05, 0.1) is 16.6 Å². The molecular weight excluding hydrogens is 364 g/mol. The van der Waals surface area contributed by atoms with Crippen molar-refractivity contribution in [3.63, 3.8) is 0 Å². The molecule has 1 atom stereocenters. The molecule has 3 heterocycles. The summed E-state index contributed by atoms with van der Waals surface area (Å²) < 4.78 is 29.7. The first kappa shape index (κ1) is 18.0. The second kappa shape index (κ2) is 6.67. The molecule has 8 heteroatoms. The molecule has 0 bridgehead atoms. The van der Waals surface area contributed by atoms with Crippen molar-refractivity contribution in [2.45, 2.75) is 31.4 Å². The highest BCUT2D eigenvalue weighted by molar-refractivity contribution is 7.93. The number of nitrogens with zero attached hydrogens (tertiary/aromatic N) is 4. The molecule has 1 amide bonds. The molecule has 2 aromatic rings. The third-order valence-corrected chi connectivity index (χ3v) is 7.68. The summed E-state index contributed by atoms with van der Waals surface area (Å²) in [6.07, 6.45) is 2.00. The third-order valence-electron chi connectivity index (χ3n) is 5.46. The minimum Gasteiger partial charge on any atom is -0.336 e. The van der Waals surface area contributed by atoms with Crippen LogP contribution in [-0.4, -0.2) is 53.9 Å². The van der Waals surface area contributed by atoms with E-state index in [4.69, 9.17) is 0 Å². The SMILES string of the molecule is Cc1cc(C(=O)N2CCC[C@H](S(=O)(=O)N3CCc4ccccc43)C2)n(C)n1. The topological polar surface area (TPSA) is 75.5 Å². The number of anilines is 1. The van der Waals surface area contributed by atoms with Crippen molar-refractivity contribution in [3.8, 4) is 0 Å². The lowest BCUT2D eigenvalue weighted by Gasteiger charge is -2.35. The molecule has 0 unspecified atom stereocenters. The van der Waals surface area contributed by atoms with E-state index < -0.39 is 15.3 Å². The summed E-state index contributed by atoms with van der Waals surface area (Å²) in [7, 11) is -1.78. The number of aryl methyl sites for hydroxylation is 2. The molecule has 0 N–H and O–H groups in total. The van der Waals surface area contributed by atoms with E-state index in [1.807, 2.05) is 31.2 Å². The summed E-state index contributed by atoms with van der Waals surface area (Å²) in [6, 6.07) is 9.40. The Morgan fingerprint density at radius 3 is 2.74 bits per heavy atom. The summed E-state index contributed by atoms with van der Waals surface area (Å²) in [6.45, 7) is 3.12. The van der Waals surface area contributed by atoms with Crippen molar-refractivity contribution in [3.05, 3.63) is 47.3 Å². The van der Waals surface area contributed by atoms with Gasteiger partial charge in [-0.15, -0.1) is 0 Å². The molecule has 0 saturated carbocycles. The number of hydrogen-bond donors (Lipinski definition) is 0. The number of carbonyl (C=O) groups excluding carboxylic acids is 1.